The number of methoxy groups -OCH3 is 1. The summed E-state index contributed by atoms with van der Waals surface area (Å²) in [5.74, 6) is 2.01. The Balaban J connectivity index is 1.30. The second-order valence-corrected chi connectivity index (χ2v) is 7.15. The van der Waals surface area contributed by atoms with Gasteiger partial charge in [-0.15, -0.1) is 0 Å². The number of likely N-dealkylation sites (tertiary alicyclic amines) is 1. The Hall–Kier alpha value is -2.77. The van der Waals surface area contributed by atoms with Crippen molar-refractivity contribution in [2.45, 2.75) is 18.4 Å². The van der Waals surface area contributed by atoms with Gasteiger partial charge in [0.15, 0.2) is 11.5 Å². The number of benzene rings is 2. The molecule has 0 aliphatic carbocycles. The predicted octanol–water partition coefficient (Wildman–Crippen LogP) is 2.35. The van der Waals surface area contributed by atoms with Gasteiger partial charge in [0.2, 0.25) is 12.7 Å². The normalized spacial score (nSPS) is 17.9. The summed E-state index contributed by atoms with van der Waals surface area (Å²) < 4.78 is 15.8. The van der Waals surface area contributed by atoms with Gasteiger partial charge in [0.25, 0.3) is 0 Å². The molecule has 7 nitrogen and oxygen atoms in total. The van der Waals surface area contributed by atoms with Crippen LogP contribution in [-0.4, -0.2) is 49.5 Å². The topological polar surface area (TPSA) is 80.3 Å². The average molecular weight is 384 g/mol. The first kappa shape index (κ1) is 18.6. The molecule has 0 spiro atoms. The minimum absolute atomic E-state index is 0.0891. The number of amides is 1. The van der Waals surface area contributed by atoms with Crippen LogP contribution in [0.4, 0.5) is 5.69 Å². The molecule has 1 saturated heterocycles. The molecule has 0 atom stereocenters. The van der Waals surface area contributed by atoms with Crippen LogP contribution in [0, 0.1) is 0 Å². The highest BCUT2D eigenvalue weighted by Gasteiger charge is 2.34. The van der Waals surface area contributed by atoms with Crippen LogP contribution < -0.4 is 19.5 Å². The summed E-state index contributed by atoms with van der Waals surface area (Å²) in [5, 5.41) is 13.9. The molecule has 1 amide bonds. The molecule has 2 aromatic carbocycles. The Morgan fingerprint density at radius 3 is 2.57 bits per heavy atom. The molecule has 0 aromatic heterocycles. The molecule has 0 bridgehead atoms. The van der Waals surface area contributed by atoms with Crippen LogP contribution in [0.1, 0.15) is 18.4 Å². The fourth-order valence-corrected chi connectivity index (χ4v) is 3.65. The lowest BCUT2D eigenvalue weighted by Crippen LogP contribution is -2.45. The summed E-state index contributed by atoms with van der Waals surface area (Å²) in [6.07, 6.45) is 1.16. The number of rotatable bonds is 5. The predicted molar refractivity (Wildman–Crippen MR) is 104 cm³/mol. The first-order valence-electron chi connectivity index (χ1n) is 9.34. The van der Waals surface area contributed by atoms with Crippen molar-refractivity contribution >= 4 is 11.6 Å². The number of nitrogens with zero attached hydrogens (tertiary/aromatic N) is 1. The molecule has 2 N–H and O–H groups in total. The number of hydrogen-bond acceptors (Lipinski definition) is 6. The van der Waals surface area contributed by atoms with Gasteiger partial charge in [-0.1, -0.05) is 12.1 Å². The SMILES string of the molecule is COc1ccc(C2(O)CCN(CC(=O)Nc3ccc4c(c3)OCO4)CC2)cc1. The van der Waals surface area contributed by atoms with Crippen LogP contribution in [0.5, 0.6) is 17.2 Å². The number of fused-ring (bicyclic) bond motifs is 1. The first-order chi connectivity index (χ1) is 13.6. The number of carbonyl (C=O) groups is 1. The minimum Gasteiger partial charge on any atom is -0.497 e. The second kappa shape index (κ2) is 7.69. The van der Waals surface area contributed by atoms with E-state index >= 15 is 0 Å². The van der Waals surface area contributed by atoms with Gasteiger partial charge in [-0.3, -0.25) is 9.69 Å². The first-order valence-corrected chi connectivity index (χ1v) is 9.34. The summed E-state index contributed by atoms with van der Waals surface area (Å²) in [5.41, 5.74) is 0.704. The quantitative estimate of drug-likeness (QED) is 0.824. The number of ether oxygens (including phenoxy) is 3. The van der Waals surface area contributed by atoms with Gasteiger partial charge in [-0.2, -0.15) is 0 Å². The number of nitrogens with one attached hydrogen (secondary N) is 1. The van der Waals surface area contributed by atoms with Gasteiger partial charge in [-0.25, -0.2) is 0 Å². The van der Waals surface area contributed by atoms with Crippen molar-refractivity contribution in [3.63, 3.8) is 0 Å². The summed E-state index contributed by atoms with van der Waals surface area (Å²) in [6.45, 7) is 1.79. The van der Waals surface area contributed by atoms with Crippen molar-refractivity contribution < 1.29 is 24.1 Å². The van der Waals surface area contributed by atoms with E-state index < -0.39 is 5.60 Å². The van der Waals surface area contributed by atoms with E-state index in [0.717, 1.165) is 11.3 Å². The highest BCUT2D eigenvalue weighted by Crippen LogP contribution is 2.35. The Kier molecular flexibility index (Phi) is 5.11. The molecule has 2 aliphatic heterocycles. The molecule has 7 heteroatoms. The molecular weight excluding hydrogens is 360 g/mol. The lowest BCUT2D eigenvalue weighted by Gasteiger charge is -2.38. The van der Waals surface area contributed by atoms with E-state index in [1.54, 1.807) is 25.3 Å². The highest BCUT2D eigenvalue weighted by atomic mass is 16.7. The maximum Gasteiger partial charge on any atom is 0.238 e. The van der Waals surface area contributed by atoms with Gasteiger partial charge < -0.3 is 24.6 Å². The zero-order valence-corrected chi connectivity index (χ0v) is 15.8. The molecule has 148 valence electrons. The summed E-state index contributed by atoms with van der Waals surface area (Å²) in [6, 6.07) is 12.9. The third-order valence-corrected chi connectivity index (χ3v) is 5.33. The van der Waals surface area contributed by atoms with Crippen molar-refractivity contribution in [1.82, 2.24) is 4.90 Å². The van der Waals surface area contributed by atoms with Crippen LogP contribution in [0.2, 0.25) is 0 Å². The monoisotopic (exact) mass is 384 g/mol. The second-order valence-electron chi connectivity index (χ2n) is 7.15. The van der Waals surface area contributed by atoms with Crippen LogP contribution in [0.3, 0.4) is 0 Å². The average Bonchev–Trinajstić information content (AvgIpc) is 3.18. The van der Waals surface area contributed by atoms with E-state index in [0.29, 0.717) is 43.1 Å². The van der Waals surface area contributed by atoms with Crippen LogP contribution in [0.25, 0.3) is 0 Å². The Morgan fingerprint density at radius 1 is 1.14 bits per heavy atom. The van der Waals surface area contributed by atoms with Gasteiger partial charge >= 0.3 is 0 Å². The molecule has 0 radical (unpaired) electrons. The van der Waals surface area contributed by atoms with E-state index in [1.165, 1.54) is 0 Å². The molecule has 4 rings (SSSR count). The number of hydrogen-bond donors (Lipinski definition) is 2. The fraction of sp³-hybridized carbons (Fsp3) is 0.381. The van der Waals surface area contributed by atoms with Crippen molar-refractivity contribution in [1.29, 1.82) is 0 Å². The molecule has 1 fully saturated rings. The minimum atomic E-state index is -0.865. The van der Waals surface area contributed by atoms with E-state index in [-0.39, 0.29) is 19.2 Å². The standard InChI is InChI=1S/C21H24N2O5/c1-26-17-5-2-15(3-6-17)21(25)8-10-23(11-9-21)13-20(24)22-16-4-7-18-19(12-16)28-14-27-18/h2-7,12,25H,8-11,13-14H2,1H3,(H,22,24). The van der Waals surface area contributed by atoms with Crippen LogP contribution in [-0.2, 0) is 10.4 Å². The number of aliphatic hydroxyl groups is 1. The third kappa shape index (κ3) is 3.90. The van der Waals surface area contributed by atoms with Crippen molar-refractivity contribution in [3.8, 4) is 17.2 Å². The zero-order valence-electron chi connectivity index (χ0n) is 15.8. The molecule has 28 heavy (non-hydrogen) atoms. The molecule has 2 heterocycles. The van der Waals surface area contributed by atoms with Crippen molar-refractivity contribution in [2.24, 2.45) is 0 Å². The maximum absolute atomic E-state index is 12.4. The Bertz CT molecular complexity index is 844. The molecule has 2 aromatic rings. The Labute approximate surface area is 163 Å². The molecule has 0 unspecified atom stereocenters. The van der Waals surface area contributed by atoms with Gasteiger partial charge in [-0.05, 0) is 42.7 Å². The number of piperidine rings is 1. The largest absolute Gasteiger partial charge is 0.497 e. The van der Waals surface area contributed by atoms with E-state index in [4.69, 9.17) is 14.2 Å². The van der Waals surface area contributed by atoms with Crippen LogP contribution in [0.15, 0.2) is 42.5 Å². The highest BCUT2D eigenvalue weighted by molar-refractivity contribution is 5.92. The van der Waals surface area contributed by atoms with Gasteiger partial charge in [0, 0.05) is 24.8 Å². The van der Waals surface area contributed by atoms with Crippen molar-refractivity contribution in [3.05, 3.63) is 48.0 Å². The lowest BCUT2D eigenvalue weighted by molar-refractivity contribution is -0.118. The molecule has 0 saturated carbocycles. The van der Waals surface area contributed by atoms with Gasteiger partial charge in [0.1, 0.15) is 5.75 Å². The summed E-state index contributed by atoms with van der Waals surface area (Å²) >= 11 is 0. The van der Waals surface area contributed by atoms with Gasteiger partial charge in [0.05, 0.1) is 19.3 Å². The lowest BCUT2D eigenvalue weighted by atomic mass is 9.84. The molecule has 2 aliphatic rings. The number of anilines is 1. The van der Waals surface area contributed by atoms with Crippen LogP contribution >= 0.6 is 0 Å². The summed E-state index contributed by atoms with van der Waals surface area (Å²) in [7, 11) is 1.62. The van der Waals surface area contributed by atoms with Crippen molar-refractivity contribution in [2.75, 3.05) is 38.9 Å². The zero-order chi connectivity index (χ0) is 19.6. The summed E-state index contributed by atoms with van der Waals surface area (Å²) in [4.78, 5) is 14.4. The van der Waals surface area contributed by atoms with E-state index in [2.05, 4.69) is 10.2 Å². The smallest absolute Gasteiger partial charge is 0.238 e. The maximum atomic E-state index is 12.4. The fourth-order valence-electron chi connectivity index (χ4n) is 3.65. The molecular formula is C21H24N2O5. The van der Waals surface area contributed by atoms with E-state index in [1.807, 2.05) is 24.3 Å². The Morgan fingerprint density at radius 2 is 1.86 bits per heavy atom. The van der Waals surface area contributed by atoms with E-state index in [9.17, 15) is 9.90 Å². The third-order valence-electron chi connectivity index (χ3n) is 5.33. The number of carbonyl (C=O) groups excluding carboxylic acids is 1.